The fourth-order valence-electron chi connectivity index (χ4n) is 2.55. The van der Waals surface area contributed by atoms with Crippen molar-refractivity contribution in [1.82, 2.24) is 4.90 Å². The van der Waals surface area contributed by atoms with E-state index in [1.54, 1.807) is 13.0 Å². The third kappa shape index (κ3) is 8.20. The highest BCUT2D eigenvalue weighted by Crippen LogP contribution is 2.21. The van der Waals surface area contributed by atoms with Gasteiger partial charge in [-0.3, -0.25) is 4.79 Å². The van der Waals surface area contributed by atoms with Gasteiger partial charge in [-0.1, -0.05) is 31.6 Å². The fraction of sp³-hybridized carbons (Fsp3) is 0.650. The summed E-state index contributed by atoms with van der Waals surface area (Å²) < 4.78 is 9.82. The minimum absolute atomic E-state index is 0.0721. The van der Waals surface area contributed by atoms with E-state index in [4.69, 9.17) is 9.47 Å². The third-order valence-electron chi connectivity index (χ3n) is 4.57. The zero-order valence-corrected chi connectivity index (χ0v) is 17.8. The van der Waals surface area contributed by atoms with Crippen LogP contribution in [0.4, 0.5) is 4.79 Å². The minimum Gasteiger partial charge on any atom is -0.424 e. The molecule has 1 aliphatic rings. The van der Waals surface area contributed by atoms with Crippen molar-refractivity contribution in [2.75, 3.05) is 19.1 Å². The molecule has 0 radical (unpaired) electrons. The van der Waals surface area contributed by atoms with Crippen LogP contribution in [0.25, 0.3) is 0 Å². The molecule has 6 nitrogen and oxygen atoms in total. The van der Waals surface area contributed by atoms with Gasteiger partial charge >= 0.3 is 11.3 Å². The quantitative estimate of drug-likeness (QED) is 0.263. The molecule has 1 heterocycles. The van der Waals surface area contributed by atoms with Crippen molar-refractivity contribution in [3.8, 4) is 0 Å². The predicted molar refractivity (Wildman–Crippen MR) is 107 cm³/mol. The standard InChI is InChI=1S/C20H31NO5S/c1-6-14(2)9-10-15(3)19(23)25-13-26-20(24)27-12-16(4)18(22)21-11-7-8-17(21)5/h9-10,16-17H,6-8,11-13H2,1-5H3/b14-9-,15-10+/t16-,17-/m1/s1. The third-order valence-corrected chi connectivity index (χ3v) is 5.59. The highest BCUT2D eigenvalue weighted by atomic mass is 32.2. The van der Waals surface area contributed by atoms with Gasteiger partial charge in [0.15, 0.2) is 0 Å². The molecule has 152 valence electrons. The molecule has 2 atom stereocenters. The maximum absolute atomic E-state index is 12.4. The molecule has 0 bridgehead atoms. The molecular weight excluding hydrogens is 366 g/mol. The first kappa shape index (κ1) is 23.3. The summed E-state index contributed by atoms with van der Waals surface area (Å²) in [5.74, 6) is -0.374. The molecule has 0 unspecified atom stereocenters. The van der Waals surface area contributed by atoms with Crippen molar-refractivity contribution in [3.63, 3.8) is 0 Å². The molecule has 7 heteroatoms. The van der Waals surface area contributed by atoms with E-state index in [0.29, 0.717) is 11.3 Å². The number of likely N-dealkylation sites (tertiary alicyclic amines) is 1. The first-order chi connectivity index (χ1) is 12.8. The number of amides is 1. The number of esters is 1. The molecular formula is C20H31NO5S. The molecule has 0 aliphatic carbocycles. The Kier molecular flexibility index (Phi) is 10.2. The summed E-state index contributed by atoms with van der Waals surface area (Å²) in [7, 11) is 0. The Morgan fingerprint density at radius 2 is 1.93 bits per heavy atom. The van der Waals surface area contributed by atoms with Crippen molar-refractivity contribution >= 4 is 28.9 Å². The number of hydrogen-bond acceptors (Lipinski definition) is 6. The van der Waals surface area contributed by atoms with E-state index in [0.717, 1.165) is 43.1 Å². The van der Waals surface area contributed by atoms with Crippen LogP contribution in [-0.2, 0) is 19.1 Å². The molecule has 0 aromatic rings. The Labute approximate surface area is 166 Å². The number of carbonyl (C=O) groups excluding carboxylic acids is 3. The van der Waals surface area contributed by atoms with Crippen molar-refractivity contribution < 1.29 is 23.9 Å². The topological polar surface area (TPSA) is 72.9 Å². The second-order valence-electron chi connectivity index (χ2n) is 6.90. The first-order valence-electron chi connectivity index (χ1n) is 9.37. The van der Waals surface area contributed by atoms with Gasteiger partial charge in [0.05, 0.1) is 0 Å². The largest absolute Gasteiger partial charge is 0.424 e. The minimum atomic E-state index is -0.555. The average Bonchev–Trinajstić information content (AvgIpc) is 3.08. The van der Waals surface area contributed by atoms with E-state index in [9.17, 15) is 14.4 Å². The molecule has 1 saturated heterocycles. The summed E-state index contributed by atoms with van der Waals surface area (Å²) in [6.07, 6.45) is 6.51. The van der Waals surface area contributed by atoms with Crippen LogP contribution in [0.1, 0.15) is 53.9 Å². The van der Waals surface area contributed by atoms with E-state index < -0.39 is 18.1 Å². The number of ether oxygens (including phenoxy) is 2. The van der Waals surface area contributed by atoms with Crippen molar-refractivity contribution in [2.45, 2.75) is 59.9 Å². The van der Waals surface area contributed by atoms with Gasteiger partial charge in [-0.05, 0) is 51.8 Å². The highest BCUT2D eigenvalue weighted by molar-refractivity contribution is 8.13. The van der Waals surface area contributed by atoms with E-state index in [-0.39, 0.29) is 17.9 Å². The second-order valence-corrected chi connectivity index (χ2v) is 7.85. The molecule has 0 N–H and O–H groups in total. The van der Waals surface area contributed by atoms with Crippen molar-refractivity contribution in [1.29, 1.82) is 0 Å². The number of hydrogen-bond donors (Lipinski definition) is 0. The van der Waals surface area contributed by atoms with Crippen LogP contribution in [0.2, 0.25) is 0 Å². The Balaban J connectivity index is 2.29. The normalized spacial score (nSPS) is 19.0. The Hall–Kier alpha value is -1.76. The van der Waals surface area contributed by atoms with Crippen LogP contribution in [0.15, 0.2) is 23.3 Å². The molecule has 0 aromatic carbocycles. The van der Waals surface area contributed by atoms with Gasteiger partial charge in [0, 0.05) is 29.8 Å². The molecule has 0 aromatic heterocycles. The lowest BCUT2D eigenvalue weighted by Gasteiger charge is -2.24. The molecule has 1 rings (SSSR count). The van der Waals surface area contributed by atoms with E-state index in [1.807, 2.05) is 38.7 Å². The zero-order chi connectivity index (χ0) is 20.4. The summed E-state index contributed by atoms with van der Waals surface area (Å²) in [4.78, 5) is 37.8. The first-order valence-corrected chi connectivity index (χ1v) is 10.4. The average molecular weight is 398 g/mol. The molecule has 0 spiro atoms. The number of carbonyl (C=O) groups is 3. The van der Waals surface area contributed by atoms with Crippen LogP contribution in [0.3, 0.4) is 0 Å². The lowest BCUT2D eigenvalue weighted by Crippen LogP contribution is -2.38. The number of nitrogens with zero attached hydrogens (tertiary/aromatic N) is 1. The van der Waals surface area contributed by atoms with Gasteiger partial charge < -0.3 is 14.4 Å². The smallest absolute Gasteiger partial charge is 0.370 e. The van der Waals surface area contributed by atoms with Crippen LogP contribution in [0, 0.1) is 5.92 Å². The predicted octanol–water partition coefficient (Wildman–Crippen LogP) is 4.31. The summed E-state index contributed by atoms with van der Waals surface area (Å²) in [6, 6.07) is 0.267. The lowest BCUT2D eigenvalue weighted by atomic mass is 10.1. The Morgan fingerprint density at radius 3 is 2.52 bits per heavy atom. The van der Waals surface area contributed by atoms with Gasteiger partial charge in [0.25, 0.3) is 0 Å². The molecule has 1 aliphatic heterocycles. The maximum atomic E-state index is 12.4. The van der Waals surface area contributed by atoms with Gasteiger partial charge in [-0.2, -0.15) is 0 Å². The Morgan fingerprint density at radius 1 is 1.22 bits per heavy atom. The number of rotatable bonds is 8. The van der Waals surface area contributed by atoms with Crippen molar-refractivity contribution in [2.24, 2.45) is 5.92 Å². The Bertz CT molecular complexity index is 599. The summed E-state index contributed by atoms with van der Waals surface area (Å²) in [5, 5.41) is -0.555. The van der Waals surface area contributed by atoms with Crippen LogP contribution in [-0.4, -0.2) is 47.2 Å². The molecule has 1 amide bonds. The van der Waals surface area contributed by atoms with Gasteiger partial charge in [0.2, 0.25) is 12.7 Å². The van der Waals surface area contributed by atoms with E-state index in [2.05, 4.69) is 0 Å². The highest BCUT2D eigenvalue weighted by Gasteiger charge is 2.28. The van der Waals surface area contributed by atoms with Crippen LogP contribution < -0.4 is 0 Å². The van der Waals surface area contributed by atoms with Crippen LogP contribution in [0.5, 0.6) is 0 Å². The number of allylic oxidation sites excluding steroid dienone is 3. The van der Waals surface area contributed by atoms with Gasteiger partial charge in [-0.25, -0.2) is 9.59 Å². The van der Waals surface area contributed by atoms with Gasteiger partial charge in [0.1, 0.15) is 0 Å². The summed E-state index contributed by atoms with van der Waals surface area (Å²) in [5.41, 5.74) is 1.59. The molecule has 1 fully saturated rings. The molecule has 0 saturated carbocycles. The number of thioether (sulfide) groups is 1. The fourth-order valence-corrected chi connectivity index (χ4v) is 3.21. The summed E-state index contributed by atoms with van der Waals surface area (Å²) >= 11 is 0.926. The van der Waals surface area contributed by atoms with Crippen molar-refractivity contribution in [3.05, 3.63) is 23.3 Å². The SMILES string of the molecule is CC/C(C)=C\C=C(/C)C(=O)OCOC(=O)SC[C@@H](C)C(=O)N1CCC[C@H]1C. The van der Waals surface area contributed by atoms with E-state index in [1.165, 1.54) is 0 Å². The van der Waals surface area contributed by atoms with E-state index >= 15 is 0 Å². The van der Waals surface area contributed by atoms with Crippen LogP contribution >= 0.6 is 11.8 Å². The lowest BCUT2D eigenvalue weighted by molar-refractivity contribution is -0.146. The maximum Gasteiger partial charge on any atom is 0.370 e. The molecule has 27 heavy (non-hydrogen) atoms. The summed E-state index contributed by atoms with van der Waals surface area (Å²) in [6.45, 7) is 9.86. The monoisotopic (exact) mass is 397 g/mol. The second kappa shape index (κ2) is 11.8. The zero-order valence-electron chi connectivity index (χ0n) is 16.9. The van der Waals surface area contributed by atoms with Gasteiger partial charge in [-0.15, -0.1) is 0 Å².